The summed E-state index contributed by atoms with van der Waals surface area (Å²) in [5.41, 5.74) is 2.58. The lowest BCUT2D eigenvalue weighted by atomic mass is 10.1. The van der Waals surface area contributed by atoms with E-state index in [1.165, 1.54) is 12.1 Å². The van der Waals surface area contributed by atoms with Crippen molar-refractivity contribution in [3.05, 3.63) is 66.1 Å². The predicted octanol–water partition coefficient (Wildman–Crippen LogP) is 3.92. The van der Waals surface area contributed by atoms with Gasteiger partial charge in [0, 0.05) is 17.3 Å². The first-order valence-corrected chi connectivity index (χ1v) is 6.74. The van der Waals surface area contributed by atoms with Gasteiger partial charge in [-0.2, -0.15) is 0 Å². The van der Waals surface area contributed by atoms with Crippen LogP contribution >= 0.6 is 0 Å². The van der Waals surface area contributed by atoms with Crippen LogP contribution in [0.1, 0.15) is 17.3 Å². The zero-order chi connectivity index (χ0) is 14.8. The molecule has 3 rings (SSSR count). The summed E-state index contributed by atoms with van der Waals surface area (Å²) >= 11 is 0. The number of aromatic nitrogens is 1. The summed E-state index contributed by atoms with van der Waals surface area (Å²) in [6.07, 6.45) is 1.85. The van der Waals surface area contributed by atoms with Crippen molar-refractivity contribution in [2.45, 2.75) is 6.92 Å². The van der Waals surface area contributed by atoms with Crippen molar-refractivity contribution < 1.29 is 13.9 Å². The van der Waals surface area contributed by atoms with Gasteiger partial charge in [0.1, 0.15) is 5.82 Å². The van der Waals surface area contributed by atoms with Gasteiger partial charge in [-0.25, -0.2) is 9.18 Å². The first kappa shape index (κ1) is 13.4. The maximum atomic E-state index is 13.5. The van der Waals surface area contributed by atoms with Gasteiger partial charge in [0.25, 0.3) is 0 Å². The quantitative estimate of drug-likeness (QED) is 0.682. The molecule has 0 bridgehead atoms. The van der Waals surface area contributed by atoms with Gasteiger partial charge in [0.15, 0.2) is 0 Å². The number of halogens is 1. The fourth-order valence-corrected chi connectivity index (χ4v) is 2.42. The number of hydrogen-bond acceptors (Lipinski definition) is 2. The average molecular weight is 283 g/mol. The maximum absolute atomic E-state index is 13.5. The lowest BCUT2D eigenvalue weighted by Gasteiger charge is -2.07. The number of rotatable bonds is 3. The van der Waals surface area contributed by atoms with Crippen LogP contribution in [0.4, 0.5) is 4.39 Å². The highest BCUT2D eigenvalue weighted by atomic mass is 19.1. The van der Waals surface area contributed by atoms with E-state index in [-0.39, 0.29) is 5.82 Å². The molecule has 0 aliphatic carbocycles. The third-order valence-electron chi connectivity index (χ3n) is 3.27. The number of carbonyl (C=O) groups is 1. The minimum absolute atomic E-state index is 0.299. The van der Waals surface area contributed by atoms with Crippen molar-refractivity contribution >= 4 is 11.5 Å². The van der Waals surface area contributed by atoms with E-state index >= 15 is 0 Å². The molecule has 0 amide bonds. The van der Waals surface area contributed by atoms with Gasteiger partial charge in [-0.3, -0.25) is 0 Å². The molecule has 0 fully saturated rings. The first-order chi connectivity index (χ1) is 10.2. The Hall–Kier alpha value is -2.62. The predicted molar refractivity (Wildman–Crippen MR) is 78.7 cm³/mol. The molecular formula is C17H14FNO2. The molecule has 0 N–H and O–H groups in total. The molecule has 21 heavy (non-hydrogen) atoms. The Labute approximate surface area is 121 Å². The topological polar surface area (TPSA) is 30.7 Å². The summed E-state index contributed by atoms with van der Waals surface area (Å²) in [6, 6.07) is 13.6. The lowest BCUT2D eigenvalue weighted by Crippen LogP contribution is -2.05. The zero-order valence-corrected chi connectivity index (χ0v) is 11.5. The molecule has 1 aromatic carbocycles. The fraction of sp³-hybridized carbons (Fsp3) is 0.118. The highest BCUT2D eigenvalue weighted by Crippen LogP contribution is 2.28. The molecule has 0 spiro atoms. The van der Waals surface area contributed by atoms with Crippen molar-refractivity contribution in [2.24, 2.45) is 0 Å². The van der Waals surface area contributed by atoms with Crippen LogP contribution in [0.2, 0.25) is 0 Å². The molecule has 0 aliphatic heterocycles. The van der Waals surface area contributed by atoms with Gasteiger partial charge in [-0.1, -0.05) is 18.2 Å². The second-order valence-electron chi connectivity index (χ2n) is 4.63. The van der Waals surface area contributed by atoms with Crippen molar-refractivity contribution in [1.82, 2.24) is 4.40 Å². The molecule has 3 nitrogen and oxygen atoms in total. The van der Waals surface area contributed by atoms with E-state index in [2.05, 4.69) is 0 Å². The van der Waals surface area contributed by atoms with Crippen molar-refractivity contribution in [3.8, 4) is 11.3 Å². The van der Waals surface area contributed by atoms with Crippen LogP contribution in [0.3, 0.4) is 0 Å². The number of fused-ring (bicyclic) bond motifs is 1. The summed E-state index contributed by atoms with van der Waals surface area (Å²) in [7, 11) is 0. The maximum Gasteiger partial charge on any atom is 0.340 e. The van der Waals surface area contributed by atoms with Crippen molar-refractivity contribution in [1.29, 1.82) is 0 Å². The zero-order valence-electron chi connectivity index (χ0n) is 11.5. The van der Waals surface area contributed by atoms with Crippen LogP contribution in [-0.4, -0.2) is 17.0 Å². The largest absolute Gasteiger partial charge is 0.462 e. The second kappa shape index (κ2) is 5.40. The molecule has 0 atom stereocenters. The molecule has 0 radical (unpaired) electrons. The molecule has 106 valence electrons. The Balaban J connectivity index is 2.27. The molecule has 0 saturated heterocycles. The lowest BCUT2D eigenvalue weighted by molar-refractivity contribution is 0.0527. The highest BCUT2D eigenvalue weighted by Gasteiger charge is 2.19. The smallest absolute Gasteiger partial charge is 0.340 e. The summed E-state index contributed by atoms with van der Waals surface area (Å²) in [5.74, 6) is -0.742. The average Bonchev–Trinajstić information content (AvgIpc) is 2.87. The Kier molecular flexibility index (Phi) is 3.44. The Morgan fingerprint density at radius 3 is 2.81 bits per heavy atom. The van der Waals surface area contributed by atoms with E-state index in [4.69, 9.17) is 4.74 Å². The van der Waals surface area contributed by atoms with Crippen LogP contribution in [0.25, 0.3) is 16.8 Å². The molecule has 3 aromatic rings. The van der Waals surface area contributed by atoms with Gasteiger partial charge < -0.3 is 9.14 Å². The molecular weight excluding hydrogens is 269 g/mol. The van der Waals surface area contributed by atoms with Gasteiger partial charge in [0.05, 0.1) is 17.9 Å². The van der Waals surface area contributed by atoms with Gasteiger partial charge in [0.2, 0.25) is 0 Å². The van der Waals surface area contributed by atoms with Gasteiger partial charge >= 0.3 is 5.97 Å². The van der Waals surface area contributed by atoms with Gasteiger partial charge in [-0.05, 0) is 37.3 Å². The molecule has 0 saturated carbocycles. The number of benzene rings is 1. The first-order valence-electron chi connectivity index (χ1n) is 6.74. The van der Waals surface area contributed by atoms with E-state index in [1.807, 2.05) is 28.8 Å². The third kappa shape index (κ3) is 2.40. The van der Waals surface area contributed by atoms with Crippen LogP contribution in [0, 0.1) is 5.82 Å². The van der Waals surface area contributed by atoms with Crippen LogP contribution < -0.4 is 0 Å². The number of ether oxygens (including phenoxy) is 1. The number of nitrogens with zero attached hydrogens (tertiary/aromatic N) is 1. The monoisotopic (exact) mass is 283 g/mol. The van der Waals surface area contributed by atoms with Crippen LogP contribution in [0.15, 0.2) is 54.7 Å². The number of esters is 1. The van der Waals surface area contributed by atoms with Crippen molar-refractivity contribution in [3.63, 3.8) is 0 Å². The molecule has 0 aliphatic rings. The molecule has 2 aromatic heterocycles. The van der Waals surface area contributed by atoms with E-state index in [9.17, 15) is 9.18 Å². The van der Waals surface area contributed by atoms with Crippen molar-refractivity contribution in [2.75, 3.05) is 6.61 Å². The van der Waals surface area contributed by atoms with Crippen LogP contribution in [-0.2, 0) is 4.74 Å². The minimum atomic E-state index is -0.402. The fourth-order valence-electron chi connectivity index (χ4n) is 2.42. The Bertz CT molecular complexity index is 807. The summed E-state index contributed by atoms with van der Waals surface area (Å²) < 4.78 is 20.5. The minimum Gasteiger partial charge on any atom is -0.462 e. The normalized spacial score (nSPS) is 10.8. The number of hydrogen-bond donors (Lipinski definition) is 0. The SMILES string of the molecule is CCOC(=O)c1cc2ccccn2c1-c1cccc(F)c1. The molecule has 2 heterocycles. The summed E-state index contributed by atoms with van der Waals surface area (Å²) in [5, 5.41) is 0. The summed E-state index contributed by atoms with van der Waals surface area (Å²) in [6.45, 7) is 2.06. The standard InChI is InChI=1S/C17H14FNO2/c1-2-21-17(20)15-11-14-8-3-4-9-19(14)16(15)12-6-5-7-13(18)10-12/h3-11H,2H2,1H3. The molecule has 4 heteroatoms. The van der Waals surface area contributed by atoms with Crippen LogP contribution in [0.5, 0.6) is 0 Å². The Morgan fingerprint density at radius 1 is 1.19 bits per heavy atom. The Morgan fingerprint density at radius 2 is 2.05 bits per heavy atom. The van der Waals surface area contributed by atoms with E-state index in [0.717, 1.165) is 5.52 Å². The second-order valence-corrected chi connectivity index (χ2v) is 4.63. The van der Waals surface area contributed by atoms with Gasteiger partial charge in [-0.15, -0.1) is 0 Å². The number of pyridine rings is 1. The number of carbonyl (C=O) groups excluding carboxylic acids is 1. The third-order valence-corrected chi connectivity index (χ3v) is 3.27. The highest BCUT2D eigenvalue weighted by molar-refractivity contribution is 5.99. The summed E-state index contributed by atoms with van der Waals surface area (Å²) in [4.78, 5) is 12.2. The van der Waals surface area contributed by atoms with E-state index < -0.39 is 5.97 Å². The van der Waals surface area contributed by atoms with E-state index in [1.54, 1.807) is 25.1 Å². The molecule has 0 unspecified atom stereocenters. The van der Waals surface area contributed by atoms with E-state index in [0.29, 0.717) is 23.4 Å².